The lowest BCUT2D eigenvalue weighted by Crippen LogP contribution is -2.35. The lowest BCUT2D eigenvalue weighted by molar-refractivity contribution is -0.137. The highest BCUT2D eigenvalue weighted by molar-refractivity contribution is 7.07. The van der Waals surface area contributed by atoms with Gasteiger partial charge in [-0.1, -0.05) is 6.07 Å². The molecule has 11 heteroatoms. The number of alkyl halides is 3. The van der Waals surface area contributed by atoms with E-state index < -0.39 is 29.5 Å². The van der Waals surface area contributed by atoms with Gasteiger partial charge in [0.25, 0.3) is 5.91 Å². The second-order valence-corrected chi connectivity index (χ2v) is 9.50. The predicted octanol–water partition coefficient (Wildman–Crippen LogP) is 5.80. The number of rotatable bonds is 3. The number of nitrogens with two attached hydrogens (primary N) is 1. The van der Waals surface area contributed by atoms with Gasteiger partial charge >= 0.3 is 6.18 Å². The van der Waals surface area contributed by atoms with Crippen molar-refractivity contribution < 1.29 is 27.1 Å². The number of aryl methyl sites for hydroxylation is 1. The largest absolute Gasteiger partial charge is 0.416 e. The number of pyridine rings is 1. The first-order chi connectivity index (χ1) is 17.2. The second-order valence-electron chi connectivity index (χ2n) is 8.78. The lowest BCUT2D eigenvalue weighted by Gasteiger charge is -2.28. The summed E-state index contributed by atoms with van der Waals surface area (Å²) in [5.74, 6) is -0.837. The minimum Gasteiger partial charge on any atom is -0.383 e. The van der Waals surface area contributed by atoms with Crippen molar-refractivity contribution in [1.82, 2.24) is 9.97 Å². The zero-order valence-corrected chi connectivity index (χ0v) is 19.4. The maximum atomic E-state index is 15.3. The van der Waals surface area contributed by atoms with Crippen molar-refractivity contribution in [3.05, 3.63) is 80.4 Å². The second kappa shape index (κ2) is 8.24. The molecule has 1 aliphatic carbocycles. The highest BCUT2D eigenvalue weighted by Gasteiger charge is 2.37. The van der Waals surface area contributed by atoms with Crippen LogP contribution in [0.25, 0.3) is 10.9 Å². The van der Waals surface area contributed by atoms with Crippen molar-refractivity contribution in [2.75, 3.05) is 10.6 Å². The van der Waals surface area contributed by atoms with Crippen LogP contribution in [-0.2, 0) is 30.5 Å². The molecule has 0 radical (unpaired) electrons. The number of fused-ring (bicyclic) bond motifs is 4. The van der Waals surface area contributed by atoms with Crippen molar-refractivity contribution in [3.8, 4) is 0 Å². The van der Waals surface area contributed by atoms with Crippen molar-refractivity contribution in [2.45, 2.75) is 38.3 Å². The van der Waals surface area contributed by atoms with E-state index in [1.54, 1.807) is 10.9 Å². The number of carbonyl (C=O) groups excluding carboxylic acids is 1. The highest BCUT2D eigenvalue weighted by Crippen LogP contribution is 2.42. The van der Waals surface area contributed by atoms with E-state index in [2.05, 4.69) is 9.97 Å². The summed E-state index contributed by atoms with van der Waals surface area (Å²) >= 11 is 1.26. The summed E-state index contributed by atoms with van der Waals surface area (Å²) in [5.41, 5.74) is 9.52. The first-order valence-electron chi connectivity index (χ1n) is 11.1. The Kier molecular flexibility index (Phi) is 5.23. The summed E-state index contributed by atoms with van der Waals surface area (Å²) in [6.45, 7) is 0.555. The first kappa shape index (κ1) is 22.9. The number of carbonyl (C=O) groups is 1. The number of amides is 1. The number of halogens is 4. The molecule has 0 spiro atoms. The fourth-order valence-electron chi connectivity index (χ4n) is 5.06. The van der Waals surface area contributed by atoms with Crippen LogP contribution in [0.1, 0.15) is 50.6 Å². The fourth-order valence-corrected chi connectivity index (χ4v) is 5.58. The summed E-state index contributed by atoms with van der Waals surface area (Å²) in [4.78, 5) is 23.8. The lowest BCUT2D eigenvalue weighted by atomic mass is 10.00. The molecule has 2 aromatic heterocycles. The predicted molar refractivity (Wildman–Crippen MR) is 126 cm³/mol. The monoisotopic (exact) mass is 514 g/mol. The van der Waals surface area contributed by atoms with E-state index in [9.17, 15) is 18.0 Å². The molecule has 1 atom stereocenters. The third-order valence-corrected chi connectivity index (χ3v) is 7.34. The standard InChI is InChI=1S/C25H18F4N4O2S/c26-19-7-20-15(17-8-35-9-18(17)23(30)32-20)6-16(19)24(34)33(22-10-36-11-31-22)21-4-1-12-5-13(25(27,28)29)2-3-14(12)21/h2-3,5-7,10-11,21H,1,4,8-9H2,(H2,30,32)/t21-/m1/s1. The van der Waals surface area contributed by atoms with Gasteiger partial charge in [0, 0.05) is 22.4 Å². The van der Waals surface area contributed by atoms with Gasteiger partial charge in [0.05, 0.1) is 41.4 Å². The fraction of sp³-hybridized carbons (Fsp3) is 0.240. The molecule has 184 valence electrons. The third-order valence-electron chi connectivity index (χ3n) is 6.76. The minimum atomic E-state index is -4.47. The average Bonchev–Trinajstić information content (AvgIpc) is 3.60. The maximum Gasteiger partial charge on any atom is 0.416 e. The summed E-state index contributed by atoms with van der Waals surface area (Å²) in [5, 5.41) is 2.23. The number of anilines is 2. The molecule has 1 aliphatic heterocycles. The number of hydrogen-bond donors (Lipinski definition) is 1. The number of aromatic nitrogens is 2. The van der Waals surface area contributed by atoms with Gasteiger partial charge in [-0.15, -0.1) is 11.3 Å². The van der Waals surface area contributed by atoms with E-state index in [0.717, 1.165) is 17.7 Å². The number of thiazole rings is 1. The molecule has 0 fully saturated rings. The molecule has 3 heterocycles. The zero-order valence-electron chi connectivity index (χ0n) is 18.6. The van der Waals surface area contributed by atoms with E-state index >= 15 is 4.39 Å². The Labute approximate surface area is 206 Å². The Morgan fingerprint density at radius 3 is 2.72 bits per heavy atom. The molecule has 6 nitrogen and oxygen atoms in total. The van der Waals surface area contributed by atoms with Crippen molar-refractivity contribution >= 4 is 39.8 Å². The molecule has 2 N–H and O–H groups in total. The number of hydrogen-bond acceptors (Lipinski definition) is 6. The van der Waals surface area contributed by atoms with Gasteiger partial charge in [-0.25, -0.2) is 14.4 Å². The van der Waals surface area contributed by atoms with Gasteiger partial charge in [0.15, 0.2) is 0 Å². The molecule has 0 bridgehead atoms. The van der Waals surface area contributed by atoms with Gasteiger partial charge in [-0.3, -0.25) is 9.69 Å². The van der Waals surface area contributed by atoms with E-state index in [-0.39, 0.29) is 24.6 Å². The van der Waals surface area contributed by atoms with Crippen LogP contribution in [0.3, 0.4) is 0 Å². The van der Waals surface area contributed by atoms with E-state index in [1.807, 2.05) is 0 Å². The van der Waals surface area contributed by atoms with Crippen LogP contribution >= 0.6 is 11.3 Å². The molecular weight excluding hydrogens is 496 g/mol. The van der Waals surface area contributed by atoms with Gasteiger partial charge in [0.1, 0.15) is 17.5 Å². The summed E-state index contributed by atoms with van der Waals surface area (Å²) in [6.07, 6.45) is -3.73. The molecule has 0 saturated heterocycles. The summed E-state index contributed by atoms with van der Waals surface area (Å²) in [7, 11) is 0. The quantitative estimate of drug-likeness (QED) is 0.350. The molecule has 36 heavy (non-hydrogen) atoms. The average molecular weight is 515 g/mol. The van der Waals surface area contributed by atoms with Crippen LogP contribution in [0, 0.1) is 5.82 Å². The van der Waals surface area contributed by atoms with Gasteiger partial charge in [-0.2, -0.15) is 13.2 Å². The van der Waals surface area contributed by atoms with E-state index in [0.29, 0.717) is 46.3 Å². The molecule has 2 aromatic carbocycles. The van der Waals surface area contributed by atoms with Crippen LogP contribution in [-0.4, -0.2) is 15.9 Å². The van der Waals surface area contributed by atoms with Crippen molar-refractivity contribution in [2.24, 2.45) is 0 Å². The molecular formula is C25H18F4N4O2S. The Morgan fingerprint density at radius 1 is 1.17 bits per heavy atom. The van der Waals surface area contributed by atoms with Crippen LogP contribution in [0.2, 0.25) is 0 Å². The highest BCUT2D eigenvalue weighted by atomic mass is 32.1. The Bertz CT molecular complexity index is 1520. The Balaban J connectivity index is 1.46. The molecule has 6 rings (SSSR count). The number of nitrogen functional groups attached to an aromatic ring is 1. The topological polar surface area (TPSA) is 81.3 Å². The molecule has 0 unspecified atom stereocenters. The maximum absolute atomic E-state index is 15.3. The number of benzene rings is 2. The number of ether oxygens (including phenoxy) is 1. The SMILES string of the molecule is Nc1nc2cc(F)c(C(=O)N(c3cscn3)[C@@H]3CCc4cc(C(F)(F)F)ccc43)cc2c2c1COC2. The van der Waals surface area contributed by atoms with Crippen LogP contribution in [0.4, 0.5) is 29.2 Å². The third kappa shape index (κ3) is 3.61. The summed E-state index contributed by atoms with van der Waals surface area (Å²) < 4.78 is 60.5. The molecule has 2 aliphatic rings. The Morgan fingerprint density at radius 2 is 1.97 bits per heavy atom. The van der Waals surface area contributed by atoms with Gasteiger partial charge < -0.3 is 10.5 Å². The first-order valence-corrected chi connectivity index (χ1v) is 12.1. The van der Waals surface area contributed by atoms with Gasteiger partial charge in [0.2, 0.25) is 0 Å². The molecule has 0 saturated carbocycles. The molecule has 4 aromatic rings. The normalized spacial score (nSPS) is 16.8. The van der Waals surface area contributed by atoms with E-state index in [1.165, 1.54) is 34.4 Å². The van der Waals surface area contributed by atoms with E-state index in [4.69, 9.17) is 10.5 Å². The number of nitrogens with zero attached hydrogens (tertiary/aromatic N) is 3. The Hall–Kier alpha value is -3.57. The van der Waals surface area contributed by atoms with Crippen molar-refractivity contribution in [1.29, 1.82) is 0 Å². The zero-order chi connectivity index (χ0) is 25.2. The molecule has 1 amide bonds. The van der Waals surface area contributed by atoms with Crippen LogP contribution in [0.15, 0.2) is 41.2 Å². The minimum absolute atomic E-state index is 0.184. The smallest absolute Gasteiger partial charge is 0.383 e. The van der Waals surface area contributed by atoms with Crippen LogP contribution < -0.4 is 10.6 Å². The van der Waals surface area contributed by atoms with Crippen LogP contribution in [0.5, 0.6) is 0 Å². The van der Waals surface area contributed by atoms with Crippen molar-refractivity contribution in [3.63, 3.8) is 0 Å². The van der Waals surface area contributed by atoms with Gasteiger partial charge in [-0.05, 0) is 47.7 Å². The summed E-state index contributed by atoms with van der Waals surface area (Å²) in [6, 6.07) is 5.57.